The molecule has 3 atom stereocenters. The number of halogens is 4. The van der Waals surface area contributed by atoms with Crippen molar-refractivity contribution in [2.45, 2.75) is 30.6 Å². The molecule has 3 rings (SSSR count). The standard InChI is InChI=1S/C23H20F4N4O2S/c1-12-22(2,31-21(29)34-19(20(32)33-3)23(12,26)27)15-8-13(4-6-16(15)24)9-17(25)18-7-5-14(10-28)11-30-18/h4-9,11-12,19H,1-3H3,(H2,29,31)/b17-9-/t12-,19-,22-/m0/s1. The summed E-state index contributed by atoms with van der Waals surface area (Å²) in [5.41, 5.74) is 4.03. The number of amidine groups is 1. The zero-order valence-corrected chi connectivity index (χ0v) is 19.2. The van der Waals surface area contributed by atoms with Gasteiger partial charge in [-0.25, -0.2) is 17.6 Å². The zero-order valence-electron chi connectivity index (χ0n) is 18.4. The molecule has 1 aromatic heterocycles. The third-order valence-electron chi connectivity index (χ3n) is 5.73. The number of hydrogen-bond donors (Lipinski definition) is 1. The quantitative estimate of drug-likeness (QED) is 0.493. The molecule has 6 nitrogen and oxygen atoms in total. The van der Waals surface area contributed by atoms with Crippen LogP contribution in [0.2, 0.25) is 0 Å². The Bertz CT molecular complexity index is 1210. The molecule has 11 heteroatoms. The summed E-state index contributed by atoms with van der Waals surface area (Å²) in [4.78, 5) is 20.0. The van der Waals surface area contributed by atoms with Crippen molar-refractivity contribution in [2.75, 3.05) is 7.11 Å². The van der Waals surface area contributed by atoms with Crippen molar-refractivity contribution in [1.29, 1.82) is 5.26 Å². The minimum absolute atomic E-state index is 0.0648. The average Bonchev–Trinajstić information content (AvgIpc) is 2.88. The van der Waals surface area contributed by atoms with E-state index in [4.69, 9.17) is 11.0 Å². The Morgan fingerprint density at radius 3 is 2.62 bits per heavy atom. The second-order valence-electron chi connectivity index (χ2n) is 7.79. The van der Waals surface area contributed by atoms with Crippen molar-refractivity contribution in [3.8, 4) is 6.07 Å². The first-order valence-electron chi connectivity index (χ1n) is 9.95. The molecule has 34 heavy (non-hydrogen) atoms. The topological polar surface area (TPSA) is 101 Å². The predicted molar refractivity (Wildman–Crippen MR) is 121 cm³/mol. The van der Waals surface area contributed by atoms with Crippen LogP contribution in [0.25, 0.3) is 11.9 Å². The van der Waals surface area contributed by atoms with Crippen LogP contribution in [0.4, 0.5) is 17.6 Å². The third-order valence-corrected chi connectivity index (χ3v) is 6.81. The number of nitrogens with zero attached hydrogens (tertiary/aromatic N) is 3. The number of benzene rings is 1. The molecule has 2 heterocycles. The van der Waals surface area contributed by atoms with Crippen LogP contribution in [-0.4, -0.2) is 34.4 Å². The van der Waals surface area contributed by atoms with Gasteiger partial charge in [0.2, 0.25) is 0 Å². The minimum atomic E-state index is -3.67. The molecule has 2 N–H and O–H groups in total. The van der Waals surface area contributed by atoms with Crippen LogP contribution in [-0.2, 0) is 15.1 Å². The number of nitrogens with two attached hydrogens (primary N) is 1. The molecule has 1 aliphatic rings. The number of esters is 1. The number of pyridine rings is 1. The summed E-state index contributed by atoms with van der Waals surface area (Å²) >= 11 is 0.346. The molecular formula is C23H20F4N4O2S. The average molecular weight is 492 g/mol. The molecule has 2 aromatic rings. The number of rotatable bonds is 4. The zero-order chi connectivity index (χ0) is 25.3. The van der Waals surface area contributed by atoms with E-state index in [0.29, 0.717) is 11.8 Å². The highest BCUT2D eigenvalue weighted by Crippen LogP contribution is 2.50. The van der Waals surface area contributed by atoms with Crippen molar-refractivity contribution < 1.29 is 27.1 Å². The molecule has 0 radical (unpaired) electrons. The summed E-state index contributed by atoms with van der Waals surface area (Å²) in [6.45, 7) is 2.42. The van der Waals surface area contributed by atoms with E-state index in [1.54, 1.807) is 0 Å². The van der Waals surface area contributed by atoms with E-state index in [2.05, 4.69) is 14.7 Å². The number of nitriles is 1. The molecule has 1 aromatic carbocycles. The van der Waals surface area contributed by atoms with E-state index in [1.165, 1.54) is 37.4 Å². The Hall–Kier alpha value is -3.39. The molecule has 0 bridgehead atoms. The number of ether oxygens (including phenoxy) is 1. The van der Waals surface area contributed by atoms with Gasteiger partial charge in [-0.05, 0) is 42.8 Å². The molecular weight excluding hydrogens is 472 g/mol. The van der Waals surface area contributed by atoms with Gasteiger partial charge in [-0.1, -0.05) is 24.8 Å². The number of hydrogen-bond acceptors (Lipinski definition) is 7. The van der Waals surface area contributed by atoms with Crippen LogP contribution in [0.5, 0.6) is 0 Å². The number of alkyl halides is 2. The third kappa shape index (κ3) is 4.63. The molecule has 0 unspecified atom stereocenters. The number of carbonyl (C=O) groups is 1. The van der Waals surface area contributed by atoms with Gasteiger partial charge in [0, 0.05) is 11.8 Å². The highest BCUT2D eigenvalue weighted by atomic mass is 32.2. The smallest absolute Gasteiger partial charge is 0.325 e. The van der Waals surface area contributed by atoms with Gasteiger partial charge in [0.25, 0.3) is 5.92 Å². The predicted octanol–water partition coefficient (Wildman–Crippen LogP) is 4.65. The van der Waals surface area contributed by atoms with E-state index < -0.39 is 40.2 Å². The highest BCUT2D eigenvalue weighted by molar-refractivity contribution is 8.14. The highest BCUT2D eigenvalue weighted by Gasteiger charge is 2.59. The second kappa shape index (κ2) is 9.46. The lowest BCUT2D eigenvalue weighted by Crippen LogP contribution is -2.49. The van der Waals surface area contributed by atoms with Crippen LogP contribution < -0.4 is 5.73 Å². The van der Waals surface area contributed by atoms with Crippen LogP contribution >= 0.6 is 11.8 Å². The SMILES string of the molecule is COC(=O)[C@@H]1SC(N)=N[C@](C)(c2cc(/C=C(\F)c3ccc(C#N)cn3)ccc2F)[C@H](C)C1(F)F. The molecule has 0 amide bonds. The summed E-state index contributed by atoms with van der Waals surface area (Å²) in [7, 11) is 0.980. The van der Waals surface area contributed by atoms with Gasteiger partial charge in [-0.2, -0.15) is 5.26 Å². The van der Waals surface area contributed by atoms with Gasteiger partial charge in [-0.15, -0.1) is 0 Å². The van der Waals surface area contributed by atoms with Crippen molar-refractivity contribution >= 4 is 34.8 Å². The number of carbonyl (C=O) groups excluding carboxylic acids is 1. The van der Waals surface area contributed by atoms with Crippen molar-refractivity contribution in [3.05, 3.63) is 64.7 Å². The lowest BCUT2D eigenvalue weighted by Gasteiger charge is -2.37. The molecule has 0 aliphatic carbocycles. The van der Waals surface area contributed by atoms with Crippen molar-refractivity contribution in [2.24, 2.45) is 16.6 Å². The summed E-state index contributed by atoms with van der Waals surface area (Å²) < 4.78 is 64.9. The second-order valence-corrected chi connectivity index (χ2v) is 8.92. The lowest BCUT2D eigenvalue weighted by atomic mass is 9.76. The fraction of sp³-hybridized carbons (Fsp3) is 0.304. The van der Waals surface area contributed by atoms with Crippen molar-refractivity contribution in [3.63, 3.8) is 0 Å². The maximum Gasteiger partial charge on any atom is 0.325 e. The Morgan fingerprint density at radius 2 is 2.03 bits per heavy atom. The minimum Gasteiger partial charge on any atom is -0.468 e. The van der Waals surface area contributed by atoms with Gasteiger partial charge in [-0.3, -0.25) is 14.8 Å². The lowest BCUT2D eigenvalue weighted by molar-refractivity contribution is -0.152. The van der Waals surface area contributed by atoms with Gasteiger partial charge in [0.1, 0.15) is 17.7 Å². The number of methoxy groups -OCH3 is 1. The molecule has 178 valence electrons. The Kier molecular flexibility index (Phi) is 7.02. The van der Waals surface area contributed by atoms with Crippen LogP contribution in [0.1, 0.15) is 36.2 Å². The first-order chi connectivity index (χ1) is 15.9. The molecule has 1 aliphatic heterocycles. The summed E-state index contributed by atoms with van der Waals surface area (Å²) in [6.07, 6.45) is 2.25. The normalized spacial score (nSPS) is 24.5. The Labute approximate surface area is 197 Å². The summed E-state index contributed by atoms with van der Waals surface area (Å²) in [6, 6.07) is 8.04. The monoisotopic (exact) mass is 492 g/mol. The fourth-order valence-electron chi connectivity index (χ4n) is 3.60. The summed E-state index contributed by atoms with van der Waals surface area (Å²) in [5.74, 6) is -8.17. The number of aliphatic imine (C=N–C) groups is 1. The molecule has 0 saturated carbocycles. The van der Waals surface area contributed by atoms with E-state index >= 15 is 8.78 Å². The molecule has 0 fully saturated rings. The Morgan fingerprint density at radius 1 is 1.32 bits per heavy atom. The molecule has 0 spiro atoms. The van der Waals surface area contributed by atoms with Crippen LogP contribution in [0, 0.1) is 23.1 Å². The first-order valence-corrected chi connectivity index (χ1v) is 10.8. The van der Waals surface area contributed by atoms with Crippen LogP contribution in [0.3, 0.4) is 0 Å². The largest absolute Gasteiger partial charge is 0.468 e. The van der Waals surface area contributed by atoms with E-state index in [9.17, 15) is 13.6 Å². The molecule has 0 saturated heterocycles. The first kappa shape index (κ1) is 25.2. The number of aromatic nitrogens is 1. The summed E-state index contributed by atoms with van der Waals surface area (Å²) in [5, 5.41) is 6.52. The van der Waals surface area contributed by atoms with Crippen LogP contribution in [0.15, 0.2) is 41.5 Å². The van der Waals surface area contributed by atoms with Gasteiger partial charge < -0.3 is 10.5 Å². The van der Waals surface area contributed by atoms with E-state index in [0.717, 1.165) is 26.2 Å². The van der Waals surface area contributed by atoms with E-state index in [-0.39, 0.29) is 27.6 Å². The van der Waals surface area contributed by atoms with Crippen molar-refractivity contribution in [1.82, 2.24) is 4.98 Å². The fourth-order valence-corrected chi connectivity index (χ4v) is 4.64. The van der Waals surface area contributed by atoms with Gasteiger partial charge in [0.15, 0.2) is 10.4 Å². The number of thioether (sulfide) groups is 1. The van der Waals surface area contributed by atoms with E-state index in [1.807, 2.05) is 6.07 Å². The van der Waals surface area contributed by atoms with Gasteiger partial charge >= 0.3 is 5.97 Å². The Balaban J connectivity index is 2.08. The van der Waals surface area contributed by atoms with Gasteiger partial charge in [0.05, 0.1) is 29.8 Å². The maximum atomic E-state index is 15.4. The maximum absolute atomic E-state index is 15.4.